The molecule has 1 aromatic carbocycles. The highest BCUT2D eigenvalue weighted by Gasteiger charge is 2.17. The van der Waals surface area contributed by atoms with E-state index in [1.807, 2.05) is 0 Å². The minimum absolute atomic E-state index is 0.0415. The monoisotopic (exact) mass is 338 g/mol. The molecule has 0 aromatic heterocycles. The van der Waals surface area contributed by atoms with Gasteiger partial charge in [0, 0.05) is 13.7 Å². The molecule has 0 spiro atoms. The average molecular weight is 338 g/mol. The van der Waals surface area contributed by atoms with Gasteiger partial charge in [0.2, 0.25) is 20.0 Å². The Kier molecular flexibility index (Phi) is 5.96. The van der Waals surface area contributed by atoms with Crippen LogP contribution in [-0.4, -0.2) is 43.4 Å². The summed E-state index contributed by atoms with van der Waals surface area (Å²) in [6.45, 7) is 0.311. The van der Waals surface area contributed by atoms with Crippen LogP contribution < -0.4 is 14.6 Å². The molecular weight excluding hydrogens is 320 g/mol. The van der Waals surface area contributed by atoms with Crippen molar-refractivity contribution in [2.45, 2.75) is 11.3 Å². The van der Waals surface area contributed by atoms with Crippen LogP contribution in [0, 0.1) is 0 Å². The zero-order chi connectivity index (χ0) is 16.1. The molecule has 0 amide bonds. The zero-order valence-corrected chi connectivity index (χ0v) is 13.3. The highest BCUT2D eigenvalue weighted by Crippen LogP contribution is 2.26. The number of rotatable bonds is 8. The van der Waals surface area contributed by atoms with E-state index in [0.29, 0.717) is 13.0 Å². The second-order valence-corrected chi connectivity index (χ2v) is 7.55. The van der Waals surface area contributed by atoms with Crippen molar-refractivity contribution >= 4 is 25.7 Å². The molecular formula is C11H18N2O6S2. The molecule has 0 heterocycles. The van der Waals surface area contributed by atoms with Crippen molar-refractivity contribution in [3.63, 3.8) is 0 Å². The molecule has 0 fully saturated rings. The van der Waals surface area contributed by atoms with Crippen LogP contribution in [0.4, 0.5) is 5.69 Å². The minimum atomic E-state index is -4.02. The molecule has 0 unspecified atom stereocenters. The number of primary sulfonamides is 1. The summed E-state index contributed by atoms with van der Waals surface area (Å²) >= 11 is 0. The second-order valence-electron chi connectivity index (χ2n) is 4.18. The highest BCUT2D eigenvalue weighted by atomic mass is 32.2. The van der Waals surface area contributed by atoms with Gasteiger partial charge in [0.1, 0.15) is 10.6 Å². The van der Waals surface area contributed by atoms with Crippen molar-refractivity contribution < 1.29 is 26.3 Å². The molecule has 8 nitrogen and oxygen atoms in total. The SMILES string of the molecule is COCCCS(=O)(=O)Nc1ccc(OC)c(S(N)(=O)=O)c1. The van der Waals surface area contributed by atoms with Crippen LogP contribution in [0.5, 0.6) is 5.75 Å². The topological polar surface area (TPSA) is 125 Å². The number of benzene rings is 1. The van der Waals surface area contributed by atoms with E-state index >= 15 is 0 Å². The molecule has 0 saturated heterocycles. The van der Waals surface area contributed by atoms with Crippen LogP contribution in [0.15, 0.2) is 23.1 Å². The third-order valence-corrected chi connectivity index (χ3v) is 4.81. The number of nitrogens with two attached hydrogens (primary N) is 1. The van der Waals surface area contributed by atoms with Gasteiger partial charge in [-0.05, 0) is 24.6 Å². The van der Waals surface area contributed by atoms with E-state index in [1.165, 1.54) is 26.4 Å². The molecule has 120 valence electrons. The maximum Gasteiger partial charge on any atom is 0.241 e. The first-order valence-corrected chi connectivity index (χ1v) is 9.10. The lowest BCUT2D eigenvalue weighted by Crippen LogP contribution is -2.19. The maximum absolute atomic E-state index is 11.8. The summed E-state index contributed by atoms with van der Waals surface area (Å²) in [5.41, 5.74) is 0.0947. The molecule has 0 bridgehead atoms. The molecule has 3 N–H and O–H groups in total. The van der Waals surface area contributed by atoms with Crippen molar-refractivity contribution in [3.05, 3.63) is 18.2 Å². The molecule has 21 heavy (non-hydrogen) atoms. The van der Waals surface area contributed by atoms with Gasteiger partial charge in [-0.2, -0.15) is 0 Å². The highest BCUT2D eigenvalue weighted by molar-refractivity contribution is 7.92. The Morgan fingerprint density at radius 2 is 1.86 bits per heavy atom. The summed E-state index contributed by atoms with van der Waals surface area (Å²) in [5, 5.41) is 5.06. The van der Waals surface area contributed by atoms with E-state index in [-0.39, 0.29) is 22.1 Å². The van der Waals surface area contributed by atoms with Gasteiger partial charge in [-0.25, -0.2) is 22.0 Å². The molecule has 10 heteroatoms. The minimum Gasteiger partial charge on any atom is -0.495 e. The first-order valence-electron chi connectivity index (χ1n) is 5.90. The number of hydrogen-bond acceptors (Lipinski definition) is 6. The molecule has 0 aliphatic rings. The molecule has 0 aliphatic carbocycles. The lowest BCUT2D eigenvalue weighted by molar-refractivity contribution is 0.199. The Hall–Kier alpha value is -1.36. The Morgan fingerprint density at radius 1 is 1.19 bits per heavy atom. The fraction of sp³-hybridized carbons (Fsp3) is 0.455. The fourth-order valence-electron chi connectivity index (χ4n) is 1.59. The van der Waals surface area contributed by atoms with E-state index in [0.717, 1.165) is 6.07 Å². The Balaban J connectivity index is 3.00. The van der Waals surface area contributed by atoms with Gasteiger partial charge in [-0.1, -0.05) is 0 Å². The van der Waals surface area contributed by atoms with Crippen molar-refractivity contribution in [3.8, 4) is 5.75 Å². The number of methoxy groups -OCH3 is 2. The summed E-state index contributed by atoms with van der Waals surface area (Å²) in [4.78, 5) is -0.290. The molecule has 0 radical (unpaired) electrons. The van der Waals surface area contributed by atoms with E-state index < -0.39 is 20.0 Å². The average Bonchev–Trinajstić information content (AvgIpc) is 2.37. The normalized spacial score (nSPS) is 12.1. The van der Waals surface area contributed by atoms with Crippen molar-refractivity contribution in [2.75, 3.05) is 31.3 Å². The molecule has 1 aromatic rings. The van der Waals surface area contributed by atoms with Crippen LogP contribution in [0.3, 0.4) is 0 Å². The third kappa shape index (κ3) is 5.50. The van der Waals surface area contributed by atoms with Crippen LogP contribution >= 0.6 is 0 Å². The van der Waals surface area contributed by atoms with Gasteiger partial charge in [-0.15, -0.1) is 0 Å². The first kappa shape index (κ1) is 17.7. The van der Waals surface area contributed by atoms with E-state index in [4.69, 9.17) is 14.6 Å². The predicted molar refractivity (Wildman–Crippen MR) is 78.3 cm³/mol. The van der Waals surface area contributed by atoms with Gasteiger partial charge in [0.25, 0.3) is 0 Å². The predicted octanol–water partition coefficient (Wildman–Crippen LogP) is 0.121. The van der Waals surface area contributed by atoms with Gasteiger partial charge in [0.15, 0.2) is 0 Å². The Bertz CT molecular complexity index is 685. The second kappa shape index (κ2) is 7.07. The molecule has 0 saturated carbocycles. The summed E-state index contributed by atoms with van der Waals surface area (Å²) < 4.78 is 58.5. The summed E-state index contributed by atoms with van der Waals surface area (Å²) in [7, 11) is -4.86. The summed E-state index contributed by atoms with van der Waals surface area (Å²) in [6.07, 6.45) is 0.323. The fourth-order valence-corrected chi connectivity index (χ4v) is 3.40. The molecule has 0 aliphatic heterocycles. The van der Waals surface area contributed by atoms with Gasteiger partial charge in [-0.3, -0.25) is 4.72 Å². The lowest BCUT2D eigenvalue weighted by Gasteiger charge is -2.11. The van der Waals surface area contributed by atoms with Crippen LogP contribution in [-0.2, 0) is 24.8 Å². The third-order valence-electron chi connectivity index (χ3n) is 2.51. The number of anilines is 1. The molecule has 0 atom stereocenters. The van der Waals surface area contributed by atoms with E-state index in [2.05, 4.69) is 4.72 Å². The maximum atomic E-state index is 11.8. The van der Waals surface area contributed by atoms with Crippen LogP contribution in [0.25, 0.3) is 0 Å². The van der Waals surface area contributed by atoms with Crippen molar-refractivity contribution in [2.24, 2.45) is 5.14 Å². The summed E-state index contributed by atoms with van der Waals surface area (Å²) in [5.74, 6) is -0.0998. The molecule has 1 rings (SSSR count). The number of nitrogens with one attached hydrogen (secondary N) is 1. The lowest BCUT2D eigenvalue weighted by atomic mass is 10.3. The van der Waals surface area contributed by atoms with Crippen LogP contribution in [0.2, 0.25) is 0 Å². The van der Waals surface area contributed by atoms with Crippen LogP contribution in [0.1, 0.15) is 6.42 Å². The number of hydrogen-bond donors (Lipinski definition) is 2. The van der Waals surface area contributed by atoms with Crippen molar-refractivity contribution in [1.82, 2.24) is 0 Å². The largest absolute Gasteiger partial charge is 0.495 e. The van der Waals surface area contributed by atoms with E-state index in [9.17, 15) is 16.8 Å². The first-order chi connectivity index (χ1) is 9.69. The number of sulfonamides is 2. The van der Waals surface area contributed by atoms with Gasteiger partial charge < -0.3 is 9.47 Å². The summed E-state index contributed by atoms with van der Waals surface area (Å²) in [6, 6.07) is 3.83. The smallest absolute Gasteiger partial charge is 0.241 e. The standard InChI is InChI=1S/C11H18N2O6S2/c1-18-6-3-7-20(14,15)13-9-4-5-10(19-2)11(8-9)21(12,16)17/h4-5,8,13H,3,6-7H2,1-2H3,(H2,12,16,17). The van der Waals surface area contributed by atoms with Gasteiger partial charge in [0.05, 0.1) is 18.6 Å². The number of ether oxygens (including phenoxy) is 2. The van der Waals surface area contributed by atoms with Crippen molar-refractivity contribution in [1.29, 1.82) is 0 Å². The zero-order valence-electron chi connectivity index (χ0n) is 11.7. The van der Waals surface area contributed by atoms with Gasteiger partial charge >= 0.3 is 0 Å². The van der Waals surface area contributed by atoms with E-state index in [1.54, 1.807) is 0 Å². The Morgan fingerprint density at radius 3 is 2.38 bits per heavy atom. The Labute approximate surface area is 124 Å². The quantitative estimate of drug-likeness (QED) is 0.649.